The van der Waals surface area contributed by atoms with Gasteiger partial charge in [-0.1, -0.05) is 59.2 Å². The van der Waals surface area contributed by atoms with Gasteiger partial charge < -0.3 is 5.11 Å². The van der Waals surface area contributed by atoms with Gasteiger partial charge in [0.25, 0.3) is 0 Å². The first kappa shape index (κ1) is 14.7. The van der Waals surface area contributed by atoms with Gasteiger partial charge in [0.05, 0.1) is 6.10 Å². The monoisotopic (exact) mass is 298 g/mol. The van der Waals surface area contributed by atoms with Gasteiger partial charge in [0.15, 0.2) is 0 Å². The van der Waals surface area contributed by atoms with E-state index >= 15 is 0 Å². The minimum Gasteiger partial charge on any atom is -0.393 e. The minimum absolute atomic E-state index is 0.0763. The maximum Gasteiger partial charge on any atom is 0.0585 e. The molecule has 0 aromatic heterocycles. The van der Waals surface area contributed by atoms with E-state index in [1.807, 2.05) is 0 Å². The van der Waals surface area contributed by atoms with E-state index in [1.165, 1.54) is 16.7 Å². The second kappa shape index (κ2) is 6.01. The fraction of sp³-hybridized carbons (Fsp3) is 0.600. The van der Waals surface area contributed by atoms with Crippen molar-refractivity contribution in [2.24, 2.45) is 5.41 Å². The zero-order chi connectivity index (χ0) is 13.1. The highest BCUT2D eigenvalue weighted by atomic mass is 79.9. The van der Waals surface area contributed by atoms with Crippen molar-refractivity contribution in [2.75, 3.05) is 5.33 Å². The molecule has 0 heterocycles. The van der Waals surface area contributed by atoms with Crippen LogP contribution in [0.5, 0.6) is 0 Å². The molecule has 0 aliphatic heterocycles. The van der Waals surface area contributed by atoms with Crippen molar-refractivity contribution in [3.63, 3.8) is 0 Å². The molecule has 0 saturated heterocycles. The molecule has 1 aliphatic rings. The van der Waals surface area contributed by atoms with Crippen LogP contribution < -0.4 is 0 Å². The molecule has 0 fully saturated rings. The number of hydrogen-bond donors (Lipinski definition) is 1. The van der Waals surface area contributed by atoms with Crippen LogP contribution in [0, 0.1) is 5.41 Å². The molecule has 0 spiro atoms. The summed E-state index contributed by atoms with van der Waals surface area (Å²) >= 11 is 3.40. The van der Waals surface area contributed by atoms with Crippen molar-refractivity contribution in [1.29, 1.82) is 0 Å². The molecule has 1 nitrogen and oxygen atoms in total. The third-order valence-electron chi connectivity index (χ3n) is 3.39. The molecule has 0 saturated carbocycles. The van der Waals surface area contributed by atoms with Gasteiger partial charge in [-0.3, -0.25) is 0 Å². The number of halogens is 1. The van der Waals surface area contributed by atoms with E-state index in [2.05, 4.69) is 61.9 Å². The molecule has 2 heteroatoms. The second-order valence-electron chi connectivity index (χ2n) is 5.58. The van der Waals surface area contributed by atoms with Crippen molar-refractivity contribution in [2.45, 2.75) is 46.6 Å². The van der Waals surface area contributed by atoms with Gasteiger partial charge in [0.2, 0.25) is 0 Å². The summed E-state index contributed by atoms with van der Waals surface area (Å²) in [6.45, 7) is 8.66. The maximum atomic E-state index is 9.82. The Kier molecular flexibility index (Phi) is 5.21. The second-order valence-corrected chi connectivity index (χ2v) is 6.22. The average molecular weight is 299 g/mol. The Hall–Kier alpha value is -0.340. The molecule has 0 amide bonds. The lowest BCUT2D eigenvalue weighted by atomic mass is 9.71. The fourth-order valence-electron chi connectivity index (χ4n) is 2.58. The lowest BCUT2D eigenvalue weighted by molar-refractivity contribution is 0.116. The summed E-state index contributed by atoms with van der Waals surface area (Å²) in [4.78, 5) is 0. The Morgan fingerprint density at radius 1 is 1.53 bits per heavy atom. The van der Waals surface area contributed by atoms with E-state index in [0.29, 0.717) is 0 Å². The van der Waals surface area contributed by atoms with Crippen molar-refractivity contribution >= 4 is 15.9 Å². The molecule has 96 valence electrons. The first-order valence-corrected chi connectivity index (χ1v) is 7.28. The van der Waals surface area contributed by atoms with Crippen molar-refractivity contribution in [1.82, 2.24) is 0 Å². The van der Waals surface area contributed by atoms with E-state index in [-0.39, 0.29) is 11.5 Å². The van der Waals surface area contributed by atoms with Gasteiger partial charge in [0.1, 0.15) is 0 Å². The van der Waals surface area contributed by atoms with Crippen LogP contribution >= 0.6 is 15.9 Å². The quantitative estimate of drug-likeness (QED) is 0.605. The number of allylic oxidation sites excluding steroid dienone is 5. The number of aliphatic hydroxyl groups is 1. The summed E-state index contributed by atoms with van der Waals surface area (Å²) < 4.78 is 0. The minimum atomic E-state index is -0.179. The lowest BCUT2D eigenvalue weighted by Gasteiger charge is -2.35. The lowest BCUT2D eigenvalue weighted by Crippen LogP contribution is -2.28. The Morgan fingerprint density at radius 3 is 2.71 bits per heavy atom. The molecule has 1 aliphatic carbocycles. The Morgan fingerprint density at radius 2 is 2.18 bits per heavy atom. The van der Waals surface area contributed by atoms with Crippen LogP contribution in [0.2, 0.25) is 0 Å². The molecule has 1 rings (SSSR count). The zero-order valence-corrected chi connectivity index (χ0v) is 12.8. The summed E-state index contributed by atoms with van der Waals surface area (Å²) in [6.07, 6.45) is 8.02. The highest BCUT2D eigenvalue weighted by Gasteiger charge is 2.31. The summed E-state index contributed by atoms with van der Waals surface area (Å²) in [5, 5.41) is 10.7. The summed E-state index contributed by atoms with van der Waals surface area (Å²) in [5.74, 6) is 0. The normalized spacial score (nSPS) is 25.8. The predicted octanol–water partition coefficient (Wildman–Crippen LogP) is 4.38. The number of rotatable bonds is 3. The third kappa shape index (κ3) is 4.11. The Balaban J connectivity index is 2.95. The van der Waals surface area contributed by atoms with E-state index < -0.39 is 0 Å². The molecule has 1 atom stereocenters. The Bertz CT molecular complexity index is 361. The number of hydrogen-bond acceptors (Lipinski definition) is 1. The van der Waals surface area contributed by atoms with Crippen LogP contribution in [0.15, 0.2) is 34.9 Å². The van der Waals surface area contributed by atoms with Crippen LogP contribution in [0.3, 0.4) is 0 Å². The molecule has 17 heavy (non-hydrogen) atoms. The van der Waals surface area contributed by atoms with Gasteiger partial charge >= 0.3 is 0 Å². The molecular weight excluding hydrogens is 276 g/mol. The highest BCUT2D eigenvalue weighted by Crippen LogP contribution is 2.40. The van der Waals surface area contributed by atoms with E-state index in [9.17, 15) is 5.11 Å². The van der Waals surface area contributed by atoms with Gasteiger partial charge in [-0.05, 0) is 37.7 Å². The molecule has 1 unspecified atom stereocenters. The van der Waals surface area contributed by atoms with Crippen molar-refractivity contribution in [3.05, 3.63) is 34.9 Å². The summed E-state index contributed by atoms with van der Waals surface area (Å²) in [6, 6.07) is 0. The highest BCUT2D eigenvalue weighted by molar-refractivity contribution is 9.09. The molecule has 0 radical (unpaired) electrons. The van der Waals surface area contributed by atoms with Crippen molar-refractivity contribution < 1.29 is 5.11 Å². The van der Waals surface area contributed by atoms with Crippen LogP contribution in [0.4, 0.5) is 0 Å². The van der Waals surface area contributed by atoms with Crippen LogP contribution in [0.25, 0.3) is 0 Å². The molecule has 0 bridgehead atoms. The predicted molar refractivity (Wildman–Crippen MR) is 78.4 cm³/mol. The number of aliphatic hydroxyl groups excluding tert-OH is 1. The molecule has 1 N–H and O–H groups in total. The van der Waals surface area contributed by atoms with E-state index in [1.54, 1.807) is 0 Å². The maximum absolute atomic E-state index is 9.82. The smallest absolute Gasteiger partial charge is 0.0585 e. The van der Waals surface area contributed by atoms with Crippen LogP contribution in [-0.2, 0) is 0 Å². The molecule has 0 aromatic rings. The first-order valence-electron chi connectivity index (χ1n) is 6.16. The fourth-order valence-corrected chi connectivity index (χ4v) is 3.10. The van der Waals surface area contributed by atoms with Gasteiger partial charge in [-0.2, -0.15) is 0 Å². The van der Waals surface area contributed by atoms with Gasteiger partial charge in [-0.15, -0.1) is 0 Å². The topological polar surface area (TPSA) is 20.2 Å². The van der Waals surface area contributed by atoms with Gasteiger partial charge in [0, 0.05) is 5.33 Å². The summed E-state index contributed by atoms with van der Waals surface area (Å²) in [7, 11) is 0. The first-order chi connectivity index (χ1) is 7.86. The van der Waals surface area contributed by atoms with Gasteiger partial charge in [-0.25, -0.2) is 0 Å². The van der Waals surface area contributed by atoms with Crippen molar-refractivity contribution in [3.8, 4) is 0 Å². The SMILES string of the molecule is CC(C=CC1=C(C)CC(O)CC1(C)C)=CCBr. The number of alkyl halides is 1. The largest absolute Gasteiger partial charge is 0.393 e. The Labute approximate surface area is 113 Å². The molecule has 0 aromatic carbocycles. The zero-order valence-electron chi connectivity index (χ0n) is 11.3. The standard InChI is InChI=1S/C15H23BrO/c1-11(7-8-16)5-6-14-12(2)9-13(17)10-15(14,3)4/h5-7,13,17H,8-10H2,1-4H3. The van der Waals surface area contributed by atoms with Crippen LogP contribution in [0.1, 0.15) is 40.5 Å². The molecular formula is C15H23BrO. The van der Waals surface area contributed by atoms with E-state index in [4.69, 9.17) is 0 Å². The third-order valence-corrected chi connectivity index (χ3v) is 3.71. The summed E-state index contributed by atoms with van der Waals surface area (Å²) in [5.41, 5.74) is 4.04. The van der Waals surface area contributed by atoms with Crippen LogP contribution in [-0.4, -0.2) is 16.5 Å². The average Bonchev–Trinajstić information content (AvgIpc) is 2.14. The van der Waals surface area contributed by atoms with E-state index in [0.717, 1.165) is 18.2 Å².